The zero-order valence-corrected chi connectivity index (χ0v) is 10.1. The first-order valence-corrected chi connectivity index (χ1v) is 5.15. The van der Waals surface area contributed by atoms with Crippen LogP contribution in [-0.2, 0) is 0 Å². The van der Waals surface area contributed by atoms with Gasteiger partial charge in [0.2, 0.25) is 0 Å². The molecular formula is C12H20N2O. The first-order valence-electron chi connectivity index (χ1n) is 5.15. The molecule has 3 nitrogen and oxygen atoms in total. The van der Waals surface area contributed by atoms with Crippen LogP contribution >= 0.6 is 0 Å². The van der Waals surface area contributed by atoms with Crippen molar-refractivity contribution in [1.82, 2.24) is 4.98 Å². The molecule has 0 radical (unpaired) electrons. The van der Waals surface area contributed by atoms with Crippen LogP contribution in [0, 0.1) is 6.92 Å². The normalized spacial score (nSPS) is 12.7. The minimum atomic E-state index is -0.789. The van der Waals surface area contributed by atoms with Crippen molar-refractivity contribution in [3.8, 4) is 0 Å². The standard InChI is InChI=1S/C12H20N2O/c1-9-8-13-7-6-10(9)14-11(2,3)12(4,5)15/h6-8,15H,1-5H3,(H,13,14). The van der Waals surface area contributed by atoms with E-state index in [4.69, 9.17) is 0 Å². The van der Waals surface area contributed by atoms with Crippen molar-refractivity contribution in [3.05, 3.63) is 24.0 Å². The monoisotopic (exact) mass is 208 g/mol. The lowest BCUT2D eigenvalue weighted by Gasteiger charge is -2.39. The molecule has 1 rings (SSSR count). The van der Waals surface area contributed by atoms with E-state index >= 15 is 0 Å². The van der Waals surface area contributed by atoms with Gasteiger partial charge >= 0.3 is 0 Å². The molecule has 0 aromatic carbocycles. The largest absolute Gasteiger partial charge is 0.388 e. The van der Waals surface area contributed by atoms with Gasteiger partial charge in [0.25, 0.3) is 0 Å². The summed E-state index contributed by atoms with van der Waals surface area (Å²) >= 11 is 0. The van der Waals surface area contributed by atoms with Gasteiger partial charge in [-0.1, -0.05) is 0 Å². The summed E-state index contributed by atoms with van der Waals surface area (Å²) in [4.78, 5) is 4.03. The van der Waals surface area contributed by atoms with E-state index in [1.165, 1.54) is 0 Å². The Bertz CT molecular complexity index is 340. The van der Waals surface area contributed by atoms with E-state index in [2.05, 4.69) is 10.3 Å². The Hall–Kier alpha value is -1.09. The number of aliphatic hydroxyl groups is 1. The number of nitrogens with zero attached hydrogens (tertiary/aromatic N) is 1. The van der Waals surface area contributed by atoms with Gasteiger partial charge in [-0.2, -0.15) is 0 Å². The maximum atomic E-state index is 10.0. The van der Waals surface area contributed by atoms with Crippen LogP contribution in [0.5, 0.6) is 0 Å². The average molecular weight is 208 g/mol. The van der Waals surface area contributed by atoms with Gasteiger partial charge in [0, 0.05) is 18.1 Å². The Kier molecular flexibility index (Phi) is 3.05. The molecule has 0 spiro atoms. The summed E-state index contributed by atoms with van der Waals surface area (Å²) in [5, 5.41) is 13.4. The van der Waals surface area contributed by atoms with Gasteiger partial charge in [-0.15, -0.1) is 0 Å². The zero-order chi connectivity index (χ0) is 11.7. The van der Waals surface area contributed by atoms with Crippen LogP contribution in [0.15, 0.2) is 18.5 Å². The number of pyridine rings is 1. The summed E-state index contributed by atoms with van der Waals surface area (Å²) < 4.78 is 0. The lowest BCUT2D eigenvalue weighted by atomic mass is 9.85. The predicted octanol–water partition coefficient (Wildman–Crippen LogP) is 2.35. The van der Waals surface area contributed by atoms with Gasteiger partial charge in [0.15, 0.2) is 0 Å². The van der Waals surface area contributed by atoms with Crippen molar-refractivity contribution < 1.29 is 5.11 Å². The average Bonchev–Trinajstić information content (AvgIpc) is 2.06. The third-order valence-electron chi connectivity index (χ3n) is 3.00. The van der Waals surface area contributed by atoms with Gasteiger partial charge < -0.3 is 10.4 Å². The Morgan fingerprint density at radius 2 is 1.87 bits per heavy atom. The fourth-order valence-electron chi connectivity index (χ4n) is 1.10. The molecule has 0 aliphatic carbocycles. The maximum Gasteiger partial charge on any atom is 0.0814 e. The molecule has 1 aromatic rings. The van der Waals surface area contributed by atoms with Gasteiger partial charge in [0.1, 0.15) is 0 Å². The van der Waals surface area contributed by atoms with E-state index in [9.17, 15) is 5.11 Å². The number of rotatable bonds is 3. The Labute approximate surface area is 91.5 Å². The van der Waals surface area contributed by atoms with Gasteiger partial charge in [0.05, 0.1) is 11.1 Å². The fraction of sp³-hybridized carbons (Fsp3) is 0.583. The topological polar surface area (TPSA) is 45.2 Å². The van der Waals surface area contributed by atoms with Crippen LogP contribution in [0.25, 0.3) is 0 Å². The van der Waals surface area contributed by atoms with Crippen LogP contribution < -0.4 is 5.32 Å². The lowest BCUT2D eigenvalue weighted by molar-refractivity contribution is 0.0240. The number of aryl methyl sites for hydroxylation is 1. The fourth-order valence-corrected chi connectivity index (χ4v) is 1.10. The number of anilines is 1. The van der Waals surface area contributed by atoms with E-state index < -0.39 is 5.60 Å². The highest BCUT2D eigenvalue weighted by molar-refractivity contribution is 5.51. The second-order valence-corrected chi connectivity index (χ2v) is 5.00. The smallest absolute Gasteiger partial charge is 0.0814 e. The molecular weight excluding hydrogens is 188 g/mol. The lowest BCUT2D eigenvalue weighted by Crippen LogP contribution is -2.51. The molecule has 0 atom stereocenters. The van der Waals surface area contributed by atoms with E-state index in [-0.39, 0.29) is 5.54 Å². The molecule has 1 heterocycles. The molecule has 3 heteroatoms. The highest BCUT2D eigenvalue weighted by atomic mass is 16.3. The van der Waals surface area contributed by atoms with Crippen LogP contribution in [0.2, 0.25) is 0 Å². The SMILES string of the molecule is Cc1cnccc1NC(C)(C)C(C)(C)O. The van der Waals surface area contributed by atoms with E-state index in [0.29, 0.717) is 0 Å². The third kappa shape index (κ3) is 2.69. The molecule has 0 saturated heterocycles. The molecule has 0 aliphatic heterocycles. The Balaban J connectivity index is 2.92. The predicted molar refractivity (Wildman–Crippen MR) is 63.0 cm³/mol. The summed E-state index contributed by atoms with van der Waals surface area (Å²) in [6, 6.07) is 1.92. The first-order chi connectivity index (χ1) is 6.74. The zero-order valence-electron chi connectivity index (χ0n) is 10.1. The van der Waals surface area contributed by atoms with Crippen molar-refractivity contribution in [2.24, 2.45) is 0 Å². The molecule has 2 N–H and O–H groups in total. The number of aromatic nitrogens is 1. The maximum absolute atomic E-state index is 10.0. The summed E-state index contributed by atoms with van der Waals surface area (Å²) in [6.07, 6.45) is 3.55. The van der Waals surface area contributed by atoms with Crippen LogP contribution in [0.4, 0.5) is 5.69 Å². The Morgan fingerprint density at radius 1 is 1.27 bits per heavy atom. The Morgan fingerprint density at radius 3 is 2.33 bits per heavy atom. The highest BCUT2D eigenvalue weighted by Crippen LogP contribution is 2.26. The summed E-state index contributed by atoms with van der Waals surface area (Å²) in [6.45, 7) is 9.56. The summed E-state index contributed by atoms with van der Waals surface area (Å²) in [7, 11) is 0. The van der Waals surface area contributed by atoms with Crippen molar-refractivity contribution in [1.29, 1.82) is 0 Å². The van der Waals surface area contributed by atoms with Crippen LogP contribution in [0.3, 0.4) is 0 Å². The van der Waals surface area contributed by atoms with Crippen LogP contribution in [0.1, 0.15) is 33.3 Å². The second-order valence-electron chi connectivity index (χ2n) is 5.00. The van der Waals surface area contributed by atoms with Crippen LogP contribution in [-0.4, -0.2) is 21.2 Å². The van der Waals surface area contributed by atoms with Crippen molar-refractivity contribution in [2.45, 2.75) is 45.8 Å². The molecule has 1 aromatic heterocycles. The molecule has 0 fully saturated rings. The van der Waals surface area contributed by atoms with E-state index in [1.807, 2.05) is 33.0 Å². The van der Waals surface area contributed by atoms with Crippen molar-refractivity contribution in [2.75, 3.05) is 5.32 Å². The second kappa shape index (κ2) is 3.81. The van der Waals surface area contributed by atoms with Gasteiger partial charge in [-0.3, -0.25) is 4.98 Å². The van der Waals surface area contributed by atoms with Crippen molar-refractivity contribution >= 4 is 5.69 Å². The molecule has 0 amide bonds. The third-order valence-corrected chi connectivity index (χ3v) is 3.00. The van der Waals surface area contributed by atoms with E-state index in [1.54, 1.807) is 20.0 Å². The van der Waals surface area contributed by atoms with E-state index in [0.717, 1.165) is 11.3 Å². The number of hydrogen-bond donors (Lipinski definition) is 2. The number of nitrogens with one attached hydrogen (secondary N) is 1. The highest BCUT2D eigenvalue weighted by Gasteiger charge is 2.34. The van der Waals surface area contributed by atoms with Gasteiger partial charge in [-0.05, 0) is 46.2 Å². The molecule has 0 saturated carbocycles. The number of hydrogen-bond acceptors (Lipinski definition) is 3. The van der Waals surface area contributed by atoms with Crippen molar-refractivity contribution in [3.63, 3.8) is 0 Å². The minimum Gasteiger partial charge on any atom is -0.388 e. The quantitative estimate of drug-likeness (QED) is 0.801. The summed E-state index contributed by atoms with van der Waals surface area (Å²) in [5.74, 6) is 0. The molecule has 0 unspecified atom stereocenters. The molecule has 84 valence electrons. The minimum absolute atomic E-state index is 0.390. The van der Waals surface area contributed by atoms with Gasteiger partial charge in [-0.25, -0.2) is 0 Å². The summed E-state index contributed by atoms with van der Waals surface area (Å²) in [5.41, 5.74) is 0.911. The molecule has 0 bridgehead atoms. The molecule has 15 heavy (non-hydrogen) atoms. The first kappa shape index (κ1) is 12.0. The molecule has 0 aliphatic rings.